The largest absolute Gasteiger partial charge is 0.384 e. The molecule has 102 valence electrons. The molecular weight excluding hydrogens is 240 g/mol. The Labute approximate surface area is 114 Å². The molecular formula is C15H20N2O2. The molecule has 0 radical (unpaired) electrons. The van der Waals surface area contributed by atoms with Gasteiger partial charge >= 0.3 is 0 Å². The van der Waals surface area contributed by atoms with E-state index < -0.39 is 0 Å². The van der Waals surface area contributed by atoms with Crippen LogP contribution in [0.4, 0.5) is 0 Å². The van der Waals surface area contributed by atoms with E-state index in [2.05, 4.69) is 36.0 Å². The SMILES string of the molecule is CCCC(CC)NC(=O)c1ccc(C#CCO)cn1. The van der Waals surface area contributed by atoms with Crippen LogP contribution in [-0.4, -0.2) is 28.6 Å². The maximum absolute atomic E-state index is 12.0. The monoisotopic (exact) mass is 260 g/mol. The van der Waals surface area contributed by atoms with Crippen molar-refractivity contribution in [3.8, 4) is 11.8 Å². The molecule has 0 fully saturated rings. The third-order valence-electron chi connectivity index (χ3n) is 2.77. The van der Waals surface area contributed by atoms with Gasteiger partial charge in [-0.05, 0) is 25.0 Å². The fourth-order valence-electron chi connectivity index (χ4n) is 1.73. The Balaban J connectivity index is 2.67. The minimum Gasteiger partial charge on any atom is -0.384 e. The molecule has 0 saturated heterocycles. The van der Waals surface area contributed by atoms with E-state index in [1.807, 2.05) is 0 Å². The van der Waals surface area contributed by atoms with E-state index in [-0.39, 0.29) is 18.6 Å². The molecule has 1 amide bonds. The summed E-state index contributed by atoms with van der Waals surface area (Å²) in [6.45, 7) is 3.97. The van der Waals surface area contributed by atoms with Gasteiger partial charge in [0.15, 0.2) is 0 Å². The van der Waals surface area contributed by atoms with Gasteiger partial charge in [0.25, 0.3) is 5.91 Å². The lowest BCUT2D eigenvalue weighted by Gasteiger charge is -2.15. The van der Waals surface area contributed by atoms with Crippen LogP contribution < -0.4 is 5.32 Å². The lowest BCUT2D eigenvalue weighted by Crippen LogP contribution is -2.34. The van der Waals surface area contributed by atoms with E-state index in [1.165, 1.54) is 0 Å². The zero-order chi connectivity index (χ0) is 14.1. The molecule has 4 heteroatoms. The molecule has 0 aromatic carbocycles. The summed E-state index contributed by atoms with van der Waals surface area (Å²) in [6, 6.07) is 3.58. The Morgan fingerprint density at radius 2 is 2.26 bits per heavy atom. The number of carbonyl (C=O) groups excluding carboxylic acids is 1. The smallest absolute Gasteiger partial charge is 0.270 e. The molecule has 1 atom stereocenters. The molecule has 1 aromatic rings. The highest BCUT2D eigenvalue weighted by Gasteiger charge is 2.12. The summed E-state index contributed by atoms with van der Waals surface area (Å²) in [5, 5.41) is 11.6. The van der Waals surface area contributed by atoms with E-state index >= 15 is 0 Å². The number of carbonyl (C=O) groups is 1. The summed E-state index contributed by atoms with van der Waals surface area (Å²) in [4.78, 5) is 16.0. The van der Waals surface area contributed by atoms with Crippen LogP contribution in [0.1, 0.15) is 49.2 Å². The number of aliphatic hydroxyl groups is 1. The van der Waals surface area contributed by atoms with Crippen molar-refractivity contribution in [1.29, 1.82) is 0 Å². The Morgan fingerprint density at radius 1 is 1.47 bits per heavy atom. The minimum absolute atomic E-state index is 0.151. The standard InChI is InChI=1S/C15H20N2O2/c1-3-6-13(4-2)17-15(19)14-9-8-12(11-16-14)7-5-10-18/h8-9,11,13,18H,3-4,6,10H2,1-2H3,(H,17,19). The summed E-state index contributed by atoms with van der Waals surface area (Å²) in [7, 11) is 0. The zero-order valence-electron chi connectivity index (χ0n) is 11.4. The third kappa shape index (κ3) is 5.11. The van der Waals surface area contributed by atoms with Crippen molar-refractivity contribution in [2.24, 2.45) is 0 Å². The van der Waals surface area contributed by atoms with Gasteiger partial charge in [-0.3, -0.25) is 4.79 Å². The Kier molecular flexibility index (Phi) is 6.62. The number of aromatic nitrogens is 1. The first-order valence-corrected chi connectivity index (χ1v) is 6.57. The van der Waals surface area contributed by atoms with Crippen molar-refractivity contribution in [3.63, 3.8) is 0 Å². The summed E-state index contributed by atoms with van der Waals surface area (Å²) in [5.74, 6) is 5.12. The predicted molar refractivity (Wildman–Crippen MR) is 74.7 cm³/mol. The molecule has 1 heterocycles. The fourth-order valence-corrected chi connectivity index (χ4v) is 1.73. The van der Waals surface area contributed by atoms with Gasteiger partial charge in [-0.25, -0.2) is 4.98 Å². The van der Waals surface area contributed by atoms with Crippen LogP contribution in [0.25, 0.3) is 0 Å². The number of nitrogens with one attached hydrogen (secondary N) is 1. The topological polar surface area (TPSA) is 62.2 Å². The maximum atomic E-state index is 12.0. The van der Waals surface area contributed by atoms with Crippen LogP contribution in [-0.2, 0) is 0 Å². The van der Waals surface area contributed by atoms with Crippen molar-refractivity contribution in [3.05, 3.63) is 29.6 Å². The van der Waals surface area contributed by atoms with Crippen molar-refractivity contribution in [2.75, 3.05) is 6.61 Å². The van der Waals surface area contributed by atoms with Crippen molar-refractivity contribution in [1.82, 2.24) is 10.3 Å². The van der Waals surface area contributed by atoms with E-state index in [9.17, 15) is 4.79 Å². The summed E-state index contributed by atoms with van der Waals surface area (Å²) in [6.07, 6.45) is 4.47. The van der Waals surface area contributed by atoms with Crippen molar-refractivity contribution < 1.29 is 9.90 Å². The molecule has 1 rings (SSSR count). The first-order chi connectivity index (χ1) is 9.21. The van der Waals surface area contributed by atoms with Crippen LogP contribution >= 0.6 is 0 Å². The quantitative estimate of drug-likeness (QED) is 0.793. The van der Waals surface area contributed by atoms with Gasteiger partial charge in [0.1, 0.15) is 12.3 Å². The number of hydrogen-bond acceptors (Lipinski definition) is 3. The second kappa shape index (κ2) is 8.28. The van der Waals surface area contributed by atoms with Gasteiger partial charge in [-0.1, -0.05) is 32.1 Å². The normalized spacial score (nSPS) is 11.3. The molecule has 0 bridgehead atoms. The Bertz CT molecular complexity index is 457. The molecule has 1 aromatic heterocycles. The number of pyridine rings is 1. The lowest BCUT2D eigenvalue weighted by molar-refractivity contribution is 0.0928. The average Bonchev–Trinajstić information content (AvgIpc) is 2.45. The Morgan fingerprint density at radius 3 is 2.79 bits per heavy atom. The lowest BCUT2D eigenvalue weighted by atomic mass is 10.1. The molecule has 2 N–H and O–H groups in total. The van der Waals surface area contributed by atoms with E-state index in [1.54, 1.807) is 18.3 Å². The first-order valence-electron chi connectivity index (χ1n) is 6.57. The average molecular weight is 260 g/mol. The molecule has 0 aliphatic heterocycles. The molecule has 0 aliphatic rings. The van der Waals surface area contributed by atoms with Crippen LogP contribution in [0.3, 0.4) is 0 Å². The molecule has 19 heavy (non-hydrogen) atoms. The molecule has 0 aliphatic carbocycles. The van der Waals surface area contributed by atoms with Crippen molar-refractivity contribution >= 4 is 5.91 Å². The van der Waals surface area contributed by atoms with Gasteiger partial charge < -0.3 is 10.4 Å². The van der Waals surface area contributed by atoms with E-state index in [0.29, 0.717) is 11.3 Å². The number of hydrogen-bond donors (Lipinski definition) is 2. The highest BCUT2D eigenvalue weighted by Crippen LogP contribution is 2.04. The van der Waals surface area contributed by atoms with Gasteiger partial charge in [-0.2, -0.15) is 0 Å². The highest BCUT2D eigenvalue weighted by molar-refractivity contribution is 5.92. The zero-order valence-corrected chi connectivity index (χ0v) is 11.4. The predicted octanol–water partition coefficient (Wildman–Crippen LogP) is 1.73. The highest BCUT2D eigenvalue weighted by atomic mass is 16.2. The van der Waals surface area contributed by atoms with Gasteiger partial charge in [0.2, 0.25) is 0 Å². The molecule has 0 spiro atoms. The van der Waals surface area contributed by atoms with E-state index in [4.69, 9.17) is 5.11 Å². The molecule has 1 unspecified atom stereocenters. The summed E-state index contributed by atoms with van der Waals surface area (Å²) >= 11 is 0. The number of rotatable bonds is 5. The summed E-state index contributed by atoms with van der Waals surface area (Å²) < 4.78 is 0. The number of aliphatic hydroxyl groups excluding tert-OH is 1. The van der Waals surface area contributed by atoms with Crippen LogP contribution in [0.15, 0.2) is 18.3 Å². The van der Waals surface area contributed by atoms with Gasteiger partial charge in [0.05, 0.1) is 0 Å². The Hall–Kier alpha value is -1.86. The second-order valence-electron chi connectivity index (χ2n) is 4.26. The van der Waals surface area contributed by atoms with Crippen LogP contribution in [0, 0.1) is 11.8 Å². The fraction of sp³-hybridized carbons (Fsp3) is 0.467. The van der Waals surface area contributed by atoms with E-state index in [0.717, 1.165) is 19.3 Å². The third-order valence-corrected chi connectivity index (χ3v) is 2.77. The van der Waals surface area contributed by atoms with Crippen LogP contribution in [0.5, 0.6) is 0 Å². The van der Waals surface area contributed by atoms with Gasteiger partial charge in [0, 0.05) is 17.8 Å². The van der Waals surface area contributed by atoms with Gasteiger partial charge in [-0.15, -0.1) is 0 Å². The molecule has 4 nitrogen and oxygen atoms in total. The summed E-state index contributed by atoms with van der Waals surface area (Å²) in [5.41, 5.74) is 1.08. The number of nitrogens with zero attached hydrogens (tertiary/aromatic N) is 1. The number of amides is 1. The first kappa shape index (κ1) is 15.2. The molecule has 0 saturated carbocycles. The van der Waals surface area contributed by atoms with Crippen molar-refractivity contribution in [2.45, 2.75) is 39.2 Å². The maximum Gasteiger partial charge on any atom is 0.270 e. The van der Waals surface area contributed by atoms with Crippen LogP contribution in [0.2, 0.25) is 0 Å². The second-order valence-corrected chi connectivity index (χ2v) is 4.26. The minimum atomic E-state index is -0.183.